The van der Waals surface area contributed by atoms with Crippen molar-refractivity contribution >= 4 is 28.9 Å². The Bertz CT molecular complexity index is 1280. The largest absolute Gasteiger partial charge is 0.352 e. The highest BCUT2D eigenvalue weighted by Crippen LogP contribution is 2.42. The van der Waals surface area contributed by atoms with E-state index in [-0.39, 0.29) is 18.0 Å². The third-order valence-electron chi connectivity index (χ3n) is 8.23. The standard InChI is InChI=1S/C31H39N5OS/c1-4-23-12-8-9-15-26(23)33-28(37)17-19-35-30(29(34-31(35)38)27-16-10-11-18-32-27)25-20-21(2)36(22(25)3)24-13-6-5-7-14-24/h8-12,15-16,18,20,24,29-30H,4-7,13-14,17,19H2,1-3H3,(H,33,37)(H,34,38)/t29-,30-/m0/s1. The minimum Gasteiger partial charge on any atom is -0.352 e. The number of pyridine rings is 1. The van der Waals surface area contributed by atoms with Gasteiger partial charge in [-0.05, 0) is 80.7 Å². The van der Waals surface area contributed by atoms with Crippen molar-refractivity contribution in [1.82, 2.24) is 19.8 Å². The number of benzene rings is 1. The highest BCUT2D eigenvalue weighted by atomic mass is 32.1. The first-order valence-corrected chi connectivity index (χ1v) is 14.4. The van der Waals surface area contributed by atoms with Gasteiger partial charge >= 0.3 is 0 Å². The molecule has 0 bridgehead atoms. The number of thiocarbonyl (C=S) groups is 1. The van der Waals surface area contributed by atoms with Gasteiger partial charge in [-0.2, -0.15) is 0 Å². The van der Waals surface area contributed by atoms with E-state index >= 15 is 0 Å². The zero-order chi connectivity index (χ0) is 26.6. The number of rotatable bonds is 8. The summed E-state index contributed by atoms with van der Waals surface area (Å²) in [6.45, 7) is 7.11. The second-order valence-corrected chi connectivity index (χ2v) is 11.0. The van der Waals surface area contributed by atoms with Crippen LogP contribution < -0.4 is 10.6 Å². The molecule has 1 saturated carbocycles. The summed E-state index contributed by atoms with van der Waals surface area (Å²) in [5, 5.41) is 7.35. The summed E-state index contributed by atoms with van der Waals surface area (Å²) in [4.78, 5) is 19.9. The molecule has 1 aliphatic carbocycles. The number of carbonyl (C=O) groups is 1. The Morgan fingerprint density at radius 3 is 2.61 bits per heavy atom. The van der Waals surface area contributed by atoms with E-state index in [1.807, 2.05) is 36.5 Å². The summed E-state index contributed by atoms with van der Waals surface area (Å²) in [5.74, 6) is 0.00131. The summed E-state index contributed by atoms with van der Waals surface area (Å²) in [5.41, 5.74) is 6.87. The van der Waals surface area contributed by atoms with E-state index in [1.54, 1.807) is 0 Å². The molecule has 2 fully saturated rings. The molecule has 3 heterocycles. The molecular formula is C31H39N5OS. The maximum Gasteiger partial charge on any atom is 0.226 e. The van der Waals surface area contributed by atoms with E-state index in [0.29, 0.717) is 24.1 Å². The van der Waals surface area contributed by atoms with E-state index in [1.165, 1.54) is 49.1 Å². The molecule has 5 rings (SSSR count). The second kappa shape index (κ2) is 11.7. The summed E-state index contributed by atoms with van der Waals surface area (Å²) in [6.07, 6.45) is 9.48. The van der Waals surface area contributed by atoms with Gasteiger partial charge in [0.2, 0.25) is 5.91 Å². The van der Waals surface area contributed by atoms with Crippen LogP contribution in [-0.4, -0.2) is 32.0 Å². The van der Waals surface area contributed by atoms with Crippen molar-refractivity contribution in [3.05, 3.63) is 82.9 Å². The van der Waals surface area contributed by atoms with Crippen molar-refractivity contribution in [2.45, 2.75) is 83.8 Å². The third-order valence-corrected chi connectivity index (χ3v) is 8.58. The third kappa shape index (κ3) is 5.35. The smallest absolute Gasteiger partial charge is 0.226 e. The van der Waals surface area contributed by atoms with Crippen LogP contribution in [0.5, 0.6) is 0 Å². The molecular weight excluding hydrogens is 490 g/mol. The monoisotopic (exact) mass is 529 g/mol. The van der Waals surface area contributed by atoms with Crippen molar-refractivity contribution in [3.63, 3.8) is 0 Å². The van der Waals surface area contributed by atoms with E-state index in [9.17, 15) is 4.79 Å². The molecule has 1 aromatic carbocycles. The van der Waals surface area contributed by atoms with Gasteiger partial charge in [0.05, 0.1) is 17.8 Å². The van der Waals surface area contributed by atoms with Crippen LogP contribution in [0.2, 0.25) is 0 Å². The number of para-hydroxylation sites is 1. The van der Waals surface area contributed by atoms with Crippen LogP contribution in [0.4, 0.5) is 5.69 Å². The Hall–Kier alpha value is -3.19. The van der Waals surface area contributed by atoms with E-state index in [0.717, 1.165) is 23.4 Å². The van der Waals surface area contributed by atoms with E-state index in [4.69, 9.17) is 12.2 Å². The maximum atomic E-state index is 13.1. The number of aryl methyl sites for hydroxylation is 2. The van der Waals surface area contributed by atoms with Crippen LogP contribution in [0, 0.1) is 13.8 Å². The van der Waals surface area contributed by atoms with E-state index in [2.05, 4.69) is 64.1 Å². The lowest BCUT2D eigenvalue weighted by Crippen LogP contribution is -2.33. The average molecular weight is 530 g/mol. The number of anilines is 1. The van der Waals surface area contributed by atoms with Gasteiger partial charge in [0.25, 0.3) is 0 Å². The summed E-state index contributed by atoms with van der Waals surface area (Å²) in [6, 6.07) is 16.8. The number of hydrogen-bond acceptors (Lipinski definition) is 3. The highest BCUT2D eigenvalue weighted by molar-refractivity contribution is 7.80. The molecule has 1 saturated heterocycles. The number of nitrogens with zero attached hydrogens (tertiary/aromatic N) is 3. The molecule has 7 heteroatoms. The molecule has 2 N–H and O–H groups in total. The fourth-order valence-corrected chi connectivity index (χ4v) is 6.71. The number of aromatic nitrogens is 2. The van der Waals surface area contributed by atoms with Gasteiger partial charge in [0.1, 0.15) is 0 Å². The average Bonchev–Trinajstić information content (AvgIpc) is 3.42. The molecule has 0 spiro atoms. The molecule has 0 radical (unpaired) electrons. The molecule has 2 aromatic heterocycles. The molecule has 6 nitrogen and oxygen atoms in total. The van der Waals surface area contributed by atoms with Gasteiger partial charge in [-0.25, -0.2) is 0 Å². The first-order chi connectivity index (χ1) is 18.5. The van der Waals surface area contributed by atoms with Crippen LogP contribution in [0.3, 0.4) is 0 Å². The predicted molar refractivity (Wildman–Crippen MR) is 157 cm³/mol. The number of amides is 1. The molecule has 1 amide bonds. The van der Waals surface area contributed by atoms with Gasteiger partial charge in [0.15, 0.2) is 5.11 Å². The zero-order valence-corrected chi connectivity index (χ0v) is 23.6. The second-order valence-electron chi connectivity index (χ2n) is 10.6. The van der Waals surface area contributed by atoms with E-state index < -0.39 is 0 Å². The molecule has 0 unspecified atom stereocenters. The molecule has 2 aliphatic rings. The van der Waals surface area contributed by atoms with Crippen molar-refractivity contribution in [1.29, 1.82) is 0 Å². The van der Waals surface area contributed by atoms with Crippen LogP contribution in [0.25, 0.3) is 0 Å². The van der Waals surface area contributed by atoms with Crippen molar-refractivity contribution in [3.8, 4) is 0 Å². The molecule has 200 valence electrons. The van der Waals surface area contributed by atoms with Gasteiger partial charge in [-0.1, -0.05) is 50.5 Å². The van der Waals surface area contributed by atoms with Crippen LogP contribution in [0.15, 0.2) is 54.7 Å². The number of nitrogens with one attached hydrogen (secondary N) is 2. The minimum absolute atomic E-state index is 0.00131. The Balaban J connectivity index is 1.42. The lowest BCUT2D eigenvalue weighted by molar-refractivity contribution is -0.116. The van der Waals surface area contributed by atoms with Crippen LogP contribution in [0.1, 0.15) is 91.8 Å². The van der Waals surface area contributed by atoms with Crippen molar-refractivity contribution in [2.75, 3.05) is 11.9 Å². The number of hydrogen-bond donors (Lipinski definition) is 2. The summed E-state index contributed by atoms with van der Waals surface area (Å²) >= 11 is 5.87. The van der Waals surface area contributed by atoms with Gasteiger partial charge < -0.3 is 20.1 Å². The number of carbonyl (C=O) groups excluding carboxylic acids is 1. The maximum absolute atomic E-state index is 13.1. The highest BCUT2D eigenvalue weighted by Gasteiger charge is 2.41. The summed E-state index contributed by atoms with van der Waals surface area (Å²) in [7, 11) is 0. The Kier molecular flexibility index (Phi) is 8.12. The van der Waals surface area contributed by atoms with Crippen LogP contribution >= 0.6 is 12.2 Å². The molecule has 3 aromatic rings. The lowest BCUT2D eigenvalue weighted by Gasteiger charge is -2.29. The Morgan fingerprint density at radius 1 is 1.11 bits per heavy atom. The first kappa shape index (κ1) is 26.4. The fraction of sp³-hybridized carbons (Fsp3) is 0.452. The van der Waals surface area contributed by atoms with Gasteiger partial charge in [-0.15, -0.1) is 0 Å². The topological polar surface area (TPSA) is 62.2 Å². The Morgan fingerprint density at radius 2 is 1.87 bits per heavy atom. The zero-order valence-electron chi connectivity index (χ0n) is 22.7. The first-order valence-electron chi connectivity index (χ1n) is 14.0. The molecule has 2 atom stereocenters. The quantitative estimate of drug-likeness (QED) is 0.323. The minimum atomic E-state index is -0.0760. The SMILES string of the molecule is CCc1ccccc1NC(=O)CCN1C(=S)N[C@@H](c2ccccn2)[C@@H]1c1cc(C)n(C2CCCCC2)c1C. The molecule has 1 aliphatic heterocycles. The lowest BCUT2D eigenvalue weighted by atomic mass is 9.94. The van der Waals surface area contributed by atoms with Gasteiger partial charge in [-0.3, -0.25) is 9.78 Å². The normalized spacial score (nSPS) is 20.0. The van der Waals surface area contributed by atoms with Crippen LogP contribution in [-0.2, 0) is 11.2 Å². The predicted octanol–water partition coefficient (Wildman–Crippen LogP) is 6.57. The molecule has 38 heavy (non-hydrogen) atoms. The fourth-order valence-electron chi connectivity index (χ4n) is 6.37. The summed E-state index contributed by atoms with van der Waals surface area (Å²) < 4.78 is 2.55. The van der Waals surface area contributed by atoms with Gasteiger partial charge in [0, 0.05) is 42.3 Å². The Labute approximate surface area is 231 Å². The van der Waals surface area contributed by atoms with Crippen molar-refractivity contribution in [2.24, 2.45) is 0 Å². The van der Waals surface area contributed by atoms with Crippen molar-refractivity contribution < 1.29 is 4.79 Å².